The second-order valence-electron chi connectivity index (χ2n) is 4.43. The number of anilines is 3. The van der Waals surface area contributed by atoms with Crippen molar-refractivity contribution in [2.45, 2.75) is 26.3 Å². The first-order valence-electron chi connectivity index (χ1n) is 6.48. The van der Waals surface area contributed by atoms with Crippen LogP contribution in [-0.4, -0.2) is 16.5 Å². The Balaban J connectivity index is 2.10. The van der Waals surface area contributed by atoms with Crippen LogP contribution in [0.2, 0.25) is 4.34 Å². The van der Waals surface area contributed by atoms with Crippen LogP contribution in [0.3, 0.4) is 0 Å². The van der Waals surface area contributed by atoms with Crippen molar-refractivity contribution >= 4 is 40.5 Å². The van der Waals surface area contributed by atoms with Crippen molar-refractivity contribution in [2.24, 2.45) is 0 Å². The van der Waals surface area contributed by atoms with Crippen molar-refractivity contribution in [2.75, 3.05) is 22.9 Å². The number of halogens is 1. The lowest BCUT2D eigenvalue weighted by Gasteiger charge is -2.14. The third-order valence-corrected chi connectivity index (χ3v) is 4.10. The van der Waals surface area contributed by atoms with E-state index < -0.39 is 0 Å². The first-order valence-corrected chi connectivity index (χ1v) is 7.68. The van der Waals surface area contributed by atoms with Crippen molar-refractivity contribution in [3.8, 4) is 0 Å². The van der Waals surface area contributed by atoms with Gasteiger partial charge in [-0.3, -0.25) is 0 Å². The van der Waals surface area contributed by atoms with Gasteiger partial charge in [0, 0.05) is 17.5 Å². The van der Waals surface area contributed by atoms with E-state index in [9.17, 15) is 0 Å². The maximum Gasteiger partial charge on any atom is 0.223 e. The molecule has 2 rings (SSSR count). The summed E-state index contributed by atoms with van der Waals surface area (Å²) in [7, 11) is 0. The van der Waals surface area contributed by atoms with Crippen LogP contribution >= 0.6 is 22.9 Å². The van der Waals surface area contributed by atoms with Crippen LogP contribution < -0.4 is 16.4 Å². The molecule has 4 N–H and O–H groups in total. The van der Waals surface area contributed by atoms with E-state index in [2.05, 4.69) is 34.4 Å². The number of rotatable bonds is 6. The molecular formula is C13H18ClN5S. The van der Waals surface area contributed by atoms with E-state index in [0.29, 0.717) is 5.82 Å². The molecule has 108 valence electrons. The summed E-state index contributed by atoms with van der Waals surface area (Å²) >= 11 is 7.50. The number of hydrogen-bond acceptors (Lipinski definition) is 6. The van der Waals surface area contributed by atoms with E-state index in [1.54, 1.807) is 11.3 Å². The Morgan fingerprint density at radius 1 is 1.35 bits per heavy atom. The molecule has 1 unspecified atom stereocenters. The Morgan fingerprint density at radius 3 is 2.75 bits per heavy atom. The smallest absolute Gasteiger partial charge is 0.223 e. The number of nitrogen functional groups attached to an aromatic ring is 1. The Bertz CT molecular complexity index is 572. The summed E-state index contributed by atoms with van der Waals surface area (Å²) in [4.78, 5) is 9.50. The summed E-state index contributed by atoms with van der Waals surface area (Å²) in [6, 6.07) is 5.87. The van der Waals surface area contributed by atoms with Gasteiger partial charge in [-0.05, 0) is 25.5 Å². The predicted molar refractivity (Wildman–Crippen MR) is 86.6 cm³/mol. The van der Waals surface area contributed by atoms with Crippen molar-refractivity contribution in [3.05, 3.63) is 27.4 Å². The molecule has 0 aromatic carbocycles. The summed E-state index contributed by atoms with van der Waals surface area (Å²) in [5.41, 5.74) is 5.73. The van der Waals surface area contributed by atoms with Crippen molar-refractivity contribution < 1.29 is 0 Å². The summed E-state index contributed by atoms with van der Waals surface area (Å²) in [5, 5.41) is 6.51. The number of aromatic nitrogens is 2. The highest BCUT2D eigenvalue weighted by molar-refractivity contribution is 7.16. The van der Waals surface area contributed by atoms with Gasteiger partial charge < -0.3 is 16.4 Å². The fourth-order valence-electron chi connectivity index (χ4n) is 1.74. The fraction of sp³-hybridized carbons (Fsp3) is 0.385. The molecule has 5 nitrogen and oxygen atoms in total. The van der Waals surface area contributed by atoms with E-state index in [-0.39, 0.29) is 12.0 Å². The lowest BCUT2D eigenvalue weighted by molar-refractivity contribution is 0.893. The Labute approximate surface area is 127 Å². The second-order valence-corrected chi connectivity index (χ2v) is 6.18. The van der Waals surface area contributed by atoms with E-state index in [4.69, 9.17) is 17.3 Å². The molecule has 0 aliphatic carbocycles. The van der Waals surface area contributed by atoms with E-state index in [1.807, 2.05) is 18.2 Å². The Kier molecular flexibility index (Phi) is 5.03. The van der Waals surface area contributed by atoms with E-state index >= 15 is 0 Å². The minimum absolute atomic E-state index is 0.112. The molecular weight excluding hydrogens is 294 g/mol. The van der Waals surface area contributed by atoms with Gasteiger partial charge in [0.1, 0.15) is 11.6 Å². The van der Waals surface area contributed by atoms with Gasteiger partial charge in [-0.1, -0.05) is 18.5 Å². The highest BCUT2D eigenvalue weighted by Crippen LogP contribution is 2.29. The largest absolute Gasteiger partial charge is 0.370 e. The summed E-state index contributed by atoms with van der Waals surface area (Å²) in [5.74, 6) is 1.69. The van der Waals surface area contributed by atoms with Crippen LogP contribution in [0.25, 0.3) is 0 Å². The first kappa shape index (κ1) is 14.9. The highest BCUT2D eigenvalue weighted by Gasteiger charge is 2.10. The number of nitrogens with zero attached hydrogens (tertiary/aromatic N) is 2. The van der Waals surface area contributed by atoms with Gasteiger partial charge in [0.15, 0.2) is 0 Å². The standard InChI is InChI=1S/C13H18ClN5S/c1-3-6-16-11-7-12(19-13(15)18-11)17-8(2)9-4-5-10(14)20-9/h4-5,7-8H,3,6H2,1-2H3,(H4,15,16,17,18,19). The number of thiophene rings is 1. The molecule has 2 aromatic heterocycles. The van der Waals surface area contributed by atoms with Crippen molar-refractivity contribution in [3.63, 3.8) is 0 Å². The van der Waals surface area contributed by atoms with Crippen LogP contribution in [0.5, 0.6) is 0 Å². The average molecular weight is 312 g/mol. The number of nitrogens with one attached hydrogen (secondary N) is 2. The molecule has 7 heteroatoms. The molecule has 0 amide bonds. The van der Waals surface area contributed by atoms with Crippen LogP contribution in [0, 0.1) is 0 Å². The molecule has 0 saturated heterocycles. The van der Waals surface area contributed by atoms with Gasteiger partial charge in [-0.25, -0.2) is 0 Å². The summed E-state index contributed by atoms with van der Waals surface area (Å²) in [6.45, 7) is 5.00. The van der Waals surface area contributed by atoms with Gasteiger partial charge in [0.05, 0.1) is 10.4 Å². The first-order chi connectivity index (χ1) is 9.58. The zero-order valence-corrected chi connectivity index (χ0v) is 13.1. The van der Waals surface area contributed by atoms with Gasteiger partial charge in [-0.15, -0.1) is 11.3 Å². The lowest BCUT2D eigenvalue weighted by atomic mass is 10.3. The van der Waals surface area contributed by atoms with Crippen LogP contribution in [0.1, 0.15) is 31.2 Å². The second kappa shape index (κ2) is 6.76. The molecule has 0 bridgehead atoms. The van der Waals surface area contributed by atoms with Crippen LogP contribution in [0.15, 0.2) is 18.2 Å². The Morgan fingerprint density at radius 2 is 2.10 bits per heavy atom. The minimum atomic E-state index is 0.112. The molecule has 2 heterocycles. The van der Waals surface area contributed by atoms with Crippen LogP contribution in [-0.2, 0) is 0 Å². The number of nitrogens with two attached hydrogens (primary N) is 1. The minimum Gasteiger partial charge on any atom is -0.370 e. The molecule has 0 aliphatic rings. The van der Waals surface area contributed by atoms with Gasteiger partial charge >= 0.3 is 0 Å². The third-order valence-electron chi connectivity index (χ3n) is 2.68. The predicted octanol–water partition coefficient (Wildman–Crippen LogP) is 3.77. The number of hydrogen-bond donors (Lipinski definition) is 3. The molecule has 1 atom stereocenters. The van der Waals surface area contributed by atoms with E-state index in [1.165, 1.54) is 0 Å². The lowest BCUT2D eigenvalue weighted by Crippen LogP contribution is -2.10. The third kappa shape index (κ3) is 3.98. The average Bonchev–Trinajstić information content (AvgIpc) is 2.82. The molecule has 0 radical (unpaired) electrons. The molecule has 0 aliphatic heterocycles. The normalized spacial score (nSPS) is 12.2. The monoisotopic (exact) mass is 311 g/mol. The molecule has 20 heavy (non-hydrogen) atoms. The maximum atomic E-state index is 5.95. The molecule has 0 fully saturated rings. The summed E-state index contributed by atoms with van der Waals surface area (Å²) < 4.78 is 0.779. The SMILES string of the molecule is CCCNc1cc(NC(C)c2ccc(Cl)s2)nc(N)n1. The Hall–Kier alpha value is -1.53. The van der Waals surface area contributed by atoms with Crippen LogP contribution in [0.4, 0.5) is 17.6 Å². The maximum absolute atomic E-state index is 5.95. The molecule has 0 saturated carbocycles. The quantitative estimate of drug-likeness (QED) is 0.757. The van der Waals surface area contributed by atoms with Gasteiger partial charge in [-0.2, -0.15) is 9.97 Å². The van der Waals surface area contributed by atoms with Crippen molar-refractivity contribution in [1.29, 1.82) is 0 Å². The zero-order valence-electron chi connectivity index (χ0n) is 11.5. The molecule has 0 spiro atoms. The van der Waals surface area contributed by atoms with Gasteiger partial charge in [0.25, 0.3) is 0 Å². The molecule has 2 aromatic rings. The zero-order chi connectivity index (χ0) is 14.5. The summed E-state index contributed by atoms with van der Waals surface area (Å²) in [6.07, 6.45) is 1.02. The van der Waals surface area contributed by atoms with Crippen molar-refractivity contribution in [1.82, 2.24) is 9.97 Å². The van der Waals surface area contributed by atoms with E-state index in [0.717, 1.165) is 28.0 Å². The van der Waals surface area contributed by atoms with Gasteiger partial charge in [0.2, 0.25) is 5.95 Å². The topological polar surface area (TPSA) is 75.9 Å². The fourth-order valence-corrected chi connectivity index (χ4v) is 2.80. The highest BCUT2D eigenvalue weighted by atomic mass is 35.5.